The zero-order chi connectivity index (χ0) is 24.1. The molecule has 33 heavy (non-hydrogen) atoms. The Morgan fingerprint density at radius 3 is 2.61 bits per heavy atom. The van der Waals surface area contributed by atoms with Crippen molar-refractivity contribution in [1.29, 1.82) is 0 Å². The summed E-state index contributed by atoms with van der Waals surface area (Å²) in [6, 6.07) is 3.34. The second kappa shape index (κ2) is 8.66. The smallest absolute Gasteiger partial charge is 0.404 e. The summed E-state index contributed by atoms with van der Waals surface area (Å²) in [6.07, 6.45) is 2.73. The number of amides is 2. The molecule has 1 unspecified atom stereocenters. The van der Waals surface area contributed by atoms with Gasteiger partial charge in [0.1, 0.15) is 0 Å². The minimum atomic E-state index is -1.24. The minimum Gasteiger partial charge on any atom is -0.404 e. The largest absolute Gasteiger partial charge is 0.481 e. The summed E-state index contributed by atoms with van der Waals surface area (Å²) < 4.78 is 40.1. The van der Waals surface area contributed by atoms with E-state index < -0.39 is 36.1 Å². The van der Waals surface area contributed by atoms with Crippen LogP contribution in [0.4, 0.5) is 8.78 Å². The van der Waals surface area contributed by atoms with E-state index in [-0.39, 0.29) is 35.5 Å². The molecule has 0 spiro atoms. The van der Waals surface area contributed by atoms with E-state index in [4.69, 9.17) is 9.31 Å². The summed E-state index contributed by atoms with van der Waals surface area (Å²) in [5, 5.41) is 5.29. The van der Waals surface area contributed by atoms with Crippen LogP contribution in [0, 0.1) is 34.8 Å². The quantitative estimate of drug-likeness (QED) is 0.609. The number of hydrogen-bond donors (Lipinski definition) is 2. The van der Waals surface area contributed by atoms with Crippen molar-refractivity contribution in [2.24, 2.45) is 23.2 Å². The van der Waals surface area contributed by atoms with Gasteiger partial charge in [-0.3, -0.25) is 9.59 Å². The van der Waals surface area contributed by atoms with E-state index in [0.717, 1.165) is 18.9 Å². The van der Waals surface area contributed by atoms with Gasteiger partial charge in [0, 0.05) is 0 Å². The van der Waals surface area contributed by atoms with Crippen molar-refractivity contribution in [2.75, 3.05) is 6.54 Å². The van der Waals surface area contributed by atoms with E-state index in [9.17, 15) is 18.4 Å². The molecule has 4 aliphatic rings. The molecule has 1 aliphatic heterocycles. The number of benzene rings is 1. The molecule has 3 aliphatic carbocycles. The van der Waals surface area contributed by atoms with Crippen molar-refractivity contribution in [2.45, 2.75) is 71.5 Å². The topological polar surface area (TPSA) is 76.7 Å². The Morgan fingerprint density at radius 1 is 1.21 bits per heavy atom. The van der Waals surface area contributed by atoms with Crippen LogP contribution in [-0.2, 0) is 14.1 Å². The third-order valence-electron chi connectivity index (χ3n) is 7.97. The lowest BCUT2D eigenvalue weighted by Gasteiger charge is -2.64. The average molecular weight is 462 g/mol. The van der Waals surface area contributed by atoms with Crippen LogP contribution in [0.15, 0.2) is 18.2 Å². The molecule has 2 amide bonds. The van der Waals surface area contributed by atoms with Crippen LogP contribution in [0.2, 0.25) is 0 Å². The number of hydrogen-bond acceptors (Lipinski definition) is 4. The van der Waals surface area contributed by atoms with Crippen molar-refractivity contribution in [3.8, 4) is 0 Å². The van der Waals surface area contributed by atoms with Gasteiger partial charge in [0.05, 0.1) is 29.8 Å². The highest BCUT2D eigenvalue weighted by Gasteiger charge is 2.68. The molecule has 3 saturated carbocycles. The number of nitrogens with one attached hydrogen (secondary N) is 2. The molecule has 1 saturated heterocycles. The van der Waals surface area contributed by atoms with E-state index in [1.807, 2.05) is 0 Å². The van der Waals surface area contributed by atoms with Crippen LogP contribution in [0.25, 0.3) is 0 Å². The molecule has 1 aromatic rings. The maximum Gasteiger partial charge on any atom is 0.481 e. The normalized spacial score (nSPS) is 30.4. The lowest BCUT2D eigenvalue weighted by molar-refractivity contribution is -0.199. The van der Waals surface area contributed by atoms with Gasteiger partial charge in [-0.1, -0.05) is 33.8 Å². The molecule has 1 aromatic carbocycles. The van der Waals surface area contributed by atoms with Crippen LogP contribution in [0.3, 0.4) is 0 Å². The molecule has 180 valence electrons. The fraction of sp³-hybridized carbons (Fsp3) is 0.667. The van der Waals surface area contributed by atoms with E-state index in [0.29, 0.717) is 18.3 Å². The summed E-state index contributed by atoms with van der Waals surface area (Å²) >= 11 is 0. The fourth-order valence-corrected chi connectivity index (χ4v) is 6.01. The van der Waals surface area contributed by atoms with Gasteiger partial charge in [0.2, 0.25) is 5.91 Å². The van der Waals surface area contributed by atoms with Crippen molar-refractivity contribution >= 4 is 18.9 Å². The van der Waals surface area contributed by atoms with Gasteiger partial charge in [0.25, 0.3) is 5.91 Å². The predicted molar refractivity (Wildman–Crippen MR) is 120 cm³/mol. The molecule has 9 heteroatoms. The molecule has 0 radical (unpaired) electrons. The van der Waals surface area contributed by atoms with E-state index in [2.05, 4.69) is 45.3 Å². The van der Waals surface area contributed by atoms with E-state index in [1.165, 1.54) is 12.1 Å². The number of halogens is 2. The molecule has 5 atom stereocenters. The molecular weight excluding hydrogens is 429 g/mol. The Labute approximate surface area is 194 Å². The highest BCUT2D eigenvalue weighted by molar-refractivity contribution is 6.47. The Kier molecular flexibility index (Phi) is 6.33. The molecule has 6 nitrogen and oxygen atoms in total. The second-order valence-corrected chi connectivity index (χ2v) is 10.9. The molecular formula is C24H33BF2N2O4. The van der Waals surface area contributed by atoms with Gasteiger partial charge >= 0.3 is 7.12 Å². The summed E-state index contributed by atoms with van der Waals surface area (Å²) in [4.78, 5) is 24.9. The monoisotopic (exact) mass is 462 g/mol. The summed E-state index contributed by atoms with van der Waals surface area (Å²) in [5.41, 5.74) is -0.606. The van der Waals surface area contributed by atoms with E-state index >= 15 is 0 Å². The molecule has 2 N–H and O–H groups in total. The highest BCUT2D eigenvalue weighted by Crippen LogP contribution is 2.65. The molecule has 4 fully saturated rings. The lowest BCUT2D eigenvalue weighted by atomic mass is 9.43. The number of rotatable bonds is 7. The van der Waals surface area contributed by atoms with Gasteiger partial charge in [-0.15, -0.1) is 0 Å². The number of carbonyl (C=O) groups excluding carboxylic acids is 2. The van der Waals surface area contributed by atoms with Crippen LogP contribution in [0.1, 0.15) is 64.2 Å². The minimum absolute atomic E-state index is 0.00138. The predicted octanol–water partition coefficient (Wildman–Crippen LogP) is 3.49. The van der Waals surface area contributed by atoms with Gasteiger partial charge in [0.15, 0.2) is 11.6 Å². The Bertz CT molecular complexity index is 943. The molecule has 5 rings (SSSR count). The molecule has 2 bridgehead atoms. The zero-order valence-electron chi connectivity index (χ0n) is 19.9. The first kappa shape index (κ1) is 24.1. The fourth-order valence-electron chi connectivity index (χ4n) is 6.01. The summed E-state index contributed by atoms with van der Waals surface area (Å²) in [6.45, 7) is 10.5. The Morgan fingerprint density at radius 2 is 1.94 bits per heavy atom. The van der Waals surface area contributed by atoms with E-state index in [1.54, 1.807) is 0 Å². The first-order valence-corrected chi connectivity index (χ1v) is 11.8. The first-order valence-electron chi connectivity index (χ1n) is 11.8. The third kappa shape index (κ3) is 4.30. The van der Waals surface area contributed by atoms with Crippen LogP contribution < -0.4 is 10.6 Å². The average Bonchev–Trinajstić information content (AvgIpc) is 3.10. The second-order valence-electron chi connectivity index (χ2n) is 10.9. The summed E-state index contributed by atoms with van der Waals surface area (Å²) in [7, 11) is -0.571. The lowest BCUT2D eigenvalue weighted by Crippen LogP contribution is -2.65. The standard InChI is InChI=1S/C24H33BF2N2O4/c1-13(2)9-19(25-32-18-11-14-10-17(23(14,3)4)24(18,5)33-25)29-20(30)12-28-22(31)15-7-6-8-16(26)21(15)27/h6-8,13-14,17-19H,9-12H2,1-5H3,(H,28,31)(H,29,30)/t14-,17?,18+,19-,24-/m0/s1. The van der Waals surface area contributed by atoms with Crippen LogP contribution >= 0.6 is 0 Å². The van der Waals surface area contributed by atoms with Gasteiger partial charge in [-0.25, -0.2) is 8.78 Å². The van der Waals surface area contributed by atoms with Crippen LogP contribution in [-0.4, -0.2) is 43.1 Å². The molecule has 1 heterocycles. The maximum absolute atomic E-state index is 13.8. The number of carbonyl (C=O) groups is 2. The zero-order valence-corrected chi connectivity index (χ0v) is 19.9. The van der Waals surface area contributed by atoms with Crippen molar-refractivity contribution in [3.63, 3.8) is 0 Å². The highest BCUT2D eigenvalue weighted by atomic mass is 19.2. The van der Waals surface area contributed by atoms with Gasteiger partial charge < -0.3 is 19.9 Å². The van der Waals surface area contributed by atoms with Crippen molar-refractivity contribution in [1.82, 2.24) is 10.6 Å². The third-order valence-corrected chi connectivity index (χ3v) is 7.97. The summed E-state index contributed by atoms with van der Waals surface area (Å²) in [5.74, 6) is -2.72. The van der Waals surface area contributed by atoms with Crippen LogP contribution in [0.5, 0.6) is 0 Å². The van der Waals surface area contributed by atoms with Gasteiger partial charge in [-0.2, -0.15) is 0 Å². The molecule has 0 aromatic heterocycles. The van der Waals surface area contributed by atoms with Gasteiger partial charge in [-0.05, 0) is 61.5 Å². The maximum atomic E-state index is 13.8. The van der Waals surface area contributed by atoms with Crippen molar-refractivity contribution in [3.05, 3.63) is 35.4 Å². The van der Waals surface area contributed by atoms with Crippen molar-refractivity contribution < 1.29 is 27.7 Å². The SMILES string of the molecule is CC(C)C[C@H](NC(=O)CNC(=O)c1cccc(F)c1F)B1O[C@@H]2C[C@@H]3CC(C3(C)C)[C@]2(C)O1. The first-order chi connectivity index (χ1) is 15.4. The Balaban J connectivity index is 1.39. The Hall–Kier alpha value is -2.00.